The number of nitrogens with one attached hydrogen (secondary N) is 1. The monoisotopic (exact) mass is 292 g/mol. The van der Waals surface area contributed by atoms with E-state index in [1.165, 1.54) is 0 Å². The molecule has 2 heterocycles. The van der Waals surface area contributed by atoms with E-state index in [-0.39, 0.29) is 42.2 Å². The van der Waals surface area contributed by atoms with Gasteiger partial charge in [0.2, 0.25) is 17.7 Å². The zero-order valence-electron chi connectivity index (χ0n) is 11.9. The molecule has 6 nitrogen and oxygen atoms in total. The molecular weight excluding hydrogens is 272 g/mol. The van der Waals surface area contributed by atoms with Gasteiger partial charge in [-0.1, -0.05) is 12.2 Å². The smallest absolute Gasteiger partial charge is 0.240 e. The maximum Gasteiger partial charge on any atom is 0.240 e. The molecule has 3 rings (SSSR count). The standard InChI is InChI=1S/C15H20N2O4/c18-13(16-8-10-4-3-7-21-10)9-17-14(19)11-5-1-2-6-12(11)15(17)20/h1-2,10-12H,3-9H2,(H,16,18)/t10-,11-,12+/m0/s1. The highest BCUT2D eigenvalue weighted by molar-refractivity contribution is 6.07. The number of carbonyl (C=O) groups is 3. The van der Waals surface area contributed by atoms with E-state index < -0.39 is 0 Å². The van der Waals surface area contributed by atoms with E-state index >= 15 is 0 Å². The molecule has 21 heavy (non-hydrogen) atoms. The summed E-state index contributed by atoms with van der Waals surface area (Å²) in [5.41, 5.74) is 0. The first-order chi connectivity index (χ1) is 10.2. The molecule has 2 aliphatic heterocycles. The van der Waals surface area contributed by atoms with Crippen molar-refractivity contribution >= 4 is 17.7 Å². The molecule has 0 unspecified atom stereocenters. The number of nitrogens with zero attached hydrogens (tertiary/aromatic N) is 1. The first-order valence-corrected chi connectivity index (χ1v) is 7.55. The van der Waals surface area contributed by atoms with Gasteiger partial charge in [0.15, 0.2) is 0 Å². The molecule has 1 aliphatic carbocycles. The Kier molecular flexibility index (Phi) is 4.05. The molecule has 2 saturated heterocycles. The Bertz CT molecular complexity index is 456. The SMILES string of the molecule is O=C(CN1C(=O)[C@H]2CC=CC[C@H]2C1=O)NC[C@@H]1CCCO1. The second-order valence-electron chi connectivity index (χ2n) is 5.86. The van der Waals surface area contributed by atoms with Crippen molar-refractivity contribution in [1.82, 2.24) is 10.2 Å². The summed E-state index contributed by atoms with van der Waals surface area (Å²) in [5, 5.41) is 2.75. The molecule has 3 amide bonds. The van der Waals surface area contributed by atoms with Crippen LogP contribution in [-0.4, -0.2) is 48.4 Å². The fourth-order valence-electron chi connectivity index (χ4n) is 3.26. The lowest BCUT2D eigenvalue weighted by Crippen LogP contribution is -2.42. The summed E-state index contributed by atoms with van der Waals surface area (Å²) in [6.45, 7) is 1.01. The molecule has 0 aromatic heterocycles. The highest BCUT2D eigenvalue weighted by Crippen LogP contribution is 2.34. The lowest BCUT2D eigenvalue weighted by molar-refractivity contribution is -0.143. The normalized spacial score (nSPS) is 31.6. The predicted molar refractivity (Wildman–Crippen MR) is 74.1 cm³/mol. The molecule has 0 aromatic rings. The van der Waals surface area contributed by atoms with Crippen LogP contribution >= 0.6 is 0 Å². The van der Waals surface area contributed by atoms with Gasteiger partial charge in [0.1, 0.15) is 6.54 Å². The number of hydrogen-bond acceptors (Lipinski definition) is 4. The zero-order chi connectivity index (χ0) is 14.8. The van der Waals surface area contributed by atoms with Gasteiger partial charge in [0.25, 0.3) is 0 Å². The van der Waals surface area contributed by atoms with Crippen LogP contribution in [0.5, 0.6) is 0 Å². The summed E-state index contributed by atoms with van der Waals surface area (Å²) < 4.78 is 5.42. The first kappa shape index (κ1) is 14.3. The van der Waals surface area contributed by atoms with Gasteiger partial charge in [-0.15, -0.1) is 0 Å². The van der Waals surface area contributed by atoms with Crippen LogP contribution in [0.4, 0.5) is 0 Å². The molecule has 0 radical (unpaired) electrons. The molecule has 114 valence electrons. The third-order valence-corrected chi connectivity index (χ3v) is 4.45. The number of allylic oxidation sites excluding steroid dienone is 2. The predicted octanol–water partition coefficient (Wildman–Crippen LogP) is 0.233. The third kappa shape index (κ3) is 2.85. The third-order valence-electron chi connectivity index (χ3n) is 4.45. The fourth-order valence-corrected chi connectivity index (χ4v) is 3.26. The fraction of sp³-hybridized carbons (Fsp3) is 0.667. The van der Waals surface area contributed by atoms with Gasteiger partial charge >= 0.3 is 0 Å². The van der Waals surface area contributed by atoms with E-state index in [1.54, 1.807) is 0 Å². The second kappa shape index (κ2) is 5.97. The quantitative estimate of drug-likeness (QED) is 0.594. The molecule has 1 N–H and O–H groups in total. The Balaban J connectivity index is 1.53. The summed E-state index contributed by atoms with van der Waals surface area (Å²) in [7, 11) is 0. The summed E-state index contributed by atoms with van der Waals surface area (Å²) in [6.07, 6.45) is 7.09. The van der Waals surface area contributed by atoms with Crippen molar-refractivity contribution in [1.29, 1.82) is 0 Å². The summed E-state index contributed by atoms with van der Waals surface area (Å²) >= 11 is 0. The van der Waals surface area contributed by atoms with Crippen LogP contribution < -0.4 is 5.32 Å². The molecule has 0 aromatic carbocycles. The van der Waals surface area contributed by atoms with Crippen molar-refractivity contribution in [2.75, 3.05) is 19.7 Å². The molecule has 3 aliphatic rings. The van der Waals surface area contributed by atoms with Gasteiger partial charge < -0.3 is 10.1 Å². The Labute approximate surface area is 123 Å². The van der Waals surface area contributed by atoms with E-state index in [4.69, 9.17) is 4.74 Å². The van der Waals surface area contributed by atoms with Gasteiger partial charge in [-0.3, -0.25) is 19.3 Å². The highest BCUT2D eigenvalue weighted by atomic mass is 16.5. The lowest BCUT2D eigenvalue weighted by Gasteiger charge is -2.16. The summed E-state index contributed by atoms with van der Waals surface area (Å²) in [6, 6.07) is 0. The van der Waals surface area contributed by atoms with Gasteiger partial charge in [-0.2, -0.15) is 0 Å². The van der Waals surface area contributed by atoms with Gasteiger partial charge in [0.05, 0.1) is 17.9 Å². The van der Waals surface area contributed by atoms with Crippen LogP contribution in [0, 0.1) is 11.8 Å². The summed E-state index contributed by atoms with van der Waals surface area (Å²) in [5.74, 6) is -1.25. The van der Waals surface area contributed by atoms with Crippen molar-refractivity contribution in [3.05, 3.63) is 12.2 Å². The van der Waals surface area contributed by atoms with E-state index in [9.17, 15) is 14.4 Å². The van der Waals surface area contributed by atoms with Crippen LogP contribution in [-0.2, 0) is 19.1 Å². The largest absolute Gasteiger partial charge is 0.376 e. The maximum atomic E-state index is 12.2. The number of ether oxygens (including phenoxy) is 1. The molecule has 0 spiro atoms. The second-order valence-corrected chi connectivity index (χ2v) is 5.86. The number of amides is 3. The number of hydrogen-bond donors (Lipinski definition) is 1. The van der Waals surface area contributed by atoms with Gasteiger partial charge in [-0.05, 0) is 25.7 Å². The Hall–Kier alpha value is -1.69. The number of likely N-dealkylation sites (tertiary alicyclic amines) is 1. The Morgan fingerprint density at radius 2 is 1.90 bits per heavy atom. The topological polar surface area (TPSA) is 75.7 Å². The van der Waals surface area contributed by atoms with Crippen molar-refractivity contribution in [2.24, 2.45) is 11.8 Å². The van der Waals surface area contributed by atoms with E-state index in [1.807, 2.05) is 12.2 Å². The van der Waals surface area contributed by atoms with Crippen molar-refractivity contribution in [2.45, 2.75) is 31.8 Å². The average Bonchev–Trinajstić information content (AvgIpc) is 3.09. The van der Waals surface area contributed by atoms with Crippen LogP contribution in [0.25, 0.3) is 0 Å². The average molecular weight is 292 g/mol. The van der Waals surface area contributed by atoms with Crippen LogP contribution in [0.1, 0.15) is 25.7 Å². The summed E-state index contributed by atoms with van der Waals surface area (Å²) in [4.78, 5) is 37.5. The zero-order valence-corrected chi connectivity index (χ0v) is 11.9. The molecule has 3 atom stereocenters. The van der Waals surface area contributed by atoms with Crippen LogP contribution in [0.3, 0.4) is 0 Å². The molecule has 0 saturated carbocycles. The minimum absolute atomic E-state index is 0.0608. The van der Waals surface area contributed by atoms with Crippen molar-refractivity contribution in [3.63, 3.8) is 0 Å². The minimum atomic E-state index is -0.293. The minimum Gasteiger partial charge on any atom is -0.376 e. The maximum absolute atomic E-state index is 12.2. The van der Waals surface area contributed by atoms with Crippen LogP contribution in [0.15, 0.2) is 12.2 Å². The molecular formula is C15H20N2O4. The molecule has 0 bridgehead atoms. The molecule has 2 fully saturated rings. The number of fused-ring (bicyclic) bond motifs is 1. The van der Waals surface area contributed by atoms with E-state index in [0.717, 1.165) is 24.3 Å². The number of carbonyl (C=O) groups excluding carboxylic acids is 3. The van der Waals surface area contributed by atoms with Crippen molar-refractivity contribution in [3.8, 4) is 0 Å². The Morgan fingerprint density at radius 3 is 2.48 bits per heavy atom. The van der Waals surface area contributed by atoms with Crippen LogP contribution in [0.2, 0.25) is 0 Å². The van der Waals surface area contributed by atoms with E-state index in [2.05, 4.69) is 5.32 Å². The van der Waals surface area contributed by atoms with E-state index in [0.29, 0.717) is 19.4 Å². The van der Waals surface area contributed by atoms with Gasteiger partial charge in [0, 0.05) is 13.2 Å². The number of imide groups is 1. The highest BCUT2D eigenvalue weighted by Gasteiger charge is 2.47. The van der Waals surface area contributed by atoms with Crippen molar-refractivity contribution < 1.29 is 19.1 Å². The first-order valence-electron chi connectivity index (χ1n) is 7.55. The number of rotatable bonds is 4. The lowest BCUT2D eigenvalue weighted by atomic mass is 9.85. The Morgan fingerprint density at radius 1 is 1.24 bits per heavy atom. The molecule has 6 heteroatoms. The van der Waals surface area contributed by atoms with Gasteiger partial charge in [-0.25, -0.2) is 0 Å².